The lowest BCUT2D eigenvalue weighted by Gasteiger charge is -2.14. The third kappa shape index (κ3) is 3.68. The second-order valence-corrected chi connectivity index (χ2v) is 5.40. The highest BCUT2D eigenvalue weighted by atomic mass is 14.6. The molecule has 1 atom stereocenters. The van der Waals surface area contributed by atoms with Crippen molar-refractivity contribution in [3.63, 3.8) is 0 Å². The minimum atomic E-state index is 0.0751. The summed E-state index contributed by atoms with van der Waals surface area (Å²) in [6.07, 6.45) is 1.98. The van der Waals surface area contributed by atoms with E-state index < -0.39 is 0 Å². The molecule has 0 bridgehead atoms. The van der Waals surface area contributed by atoms with Gasteiger partial charge in [0.2, 0.25) is 0 Å². The molecule has 0 saturated heterocycles. The van der Waals surface area contributed by atoms with E-state index in [1.54, 1.807) is 0 Å². The fourth-order valence-corrected chi connectivity index (χ4v) is 2.51. The maximum atomic E-state index is 6.34. The van der Waals surface area contributed by atoms with Gasteiger partial charge in [0.25, 0.3) is 0 Å². The molecule has 0 aliphatic heterocycles. The molecule has 1 unspecified atom stereocenters. The van der Waals surface area contributed by atoms with E-state index in [2.05, 4.69) is 63.2 Å². The van der Waals surface area contributed by atoms with Crippen molar-refractivity contribution in [3.05, 3.63) is 70.3 Å². The molecule has 2 aromatic carbocycles. The summed E-state index contributed by atoms with van der Waals surface area (Å²) in [6, 6.07) is 15.4. The van der Waals surface area contributed by atoms with E-state index in [1.165, 1.54) is 27.8 Å². The van der Waals surface area contributed by atoms with E-state index in [1.807, 2.05) is 0 Å². The molecule has 1 heteroatoms. The van der Waals surface area contributed by atoms with Crippen molar-refractivity contribution in [3.8, 4) is 0 Å². The SMILES string of the molecule is CCc1ccc(CC(N)c2cc(C)cc(C)c2)cc1. The Morgan fingerprint density at radius 2 is 1.42 bits per heavy atom. The molecule has 0 saturated carbocycles. The van der Waals surface area contributed by atoms with Gasteiger partial charge in [-0.25, -0.2) is 0 Å². The van der Waals surface area contributed by atoms with Gasteiger partial charge in [-0.15, -0.1) is 0 Å². The normalized spacial score (nSPS) is 12.4. The van der Waals surface area contributed by atoms with Crippen LogP contribution in [-0.4, -0.2) is 0 Å². The van der Waals surface area contributed by atoms with Crippen molar-refractivity contribution < 1.29 is 0 Å². The van der Waals surface area contributed by atoms with Gasteiger partial charge >= 0.3 is 0 Å². The van der Waals surface area contributed by atoms with Crippen molar-refractivity contribution >= 4 is 0 Å². The summed E-state index contributed by atoms with van der Waals surface area (Å²) in [5.41, 5.74) is 12.8. The van der Waals surface area contributed by atoms with Crippen LogP contribution in [0.25, 0.3) is 0 Å². The largest absolute Gasteiger partial charge is 0.324 e. The molecule has 1 nitrogen and oxygen atoms in total. The molecule has 0 radical (unpaired) electrons. The lowest BCUT2D eigenvalue weighted by atomic mass is 9.96. The smallest absolute Gasteiger partial charge is 0.0335 e. The van der Waals surface area contributed by atoms with E-state index >= 15 is 0 Å². The highest BCUT2D eigenvalue weighted by Gasteiger charge is 2.08. The van der Waals surface area contributed by atoms with Crippen molar-refractivity contribution in [1.82, 2.24) is 0 Å². The number of aryl methyl sites for hydroxylation is 3. The maximum Gasteiger partial charge on any atom is 0.0335 e. The van der Waals surface area contributed by atoms with Crippen LogP contribution in [0.2, 0.25) is 0 Å². The Hall–Kier alpha value is -1.60. The lowest BCUT2D eigenvalue weighted by molar-refractivity contribution is 0.720. The predicted octanol–water partition coefficient (Wildman–Crippen LogP) is 4.11. The van der Waals surface area contributed by atoms with Crippen LogP contribution in [0.1, 0.15) is 40.8 Å². The van der Waals surface area contributed by atoms with Gasteiger partial charge in [0.05, 0.1) is 0 Å². The van der Waals surface area contributed by atoms with Gasteiger partial charge in [-0.05, 0) is 43.4 Å². The van der Waals surface area contributed by atoms with Crippen molar-refractivity contribution in [2.45, 2.75) is 39.7 Å². The molecule has 0 amide bonds. The first kappa shape index (κ1) is 13.8. The first-order valence-corrected chi connectivity index (χ1v) is 7.00. The minimum absolute atomic E-state index is 0.0751. The van der Waals surface area contributed by atoms with E-state index in [0.717, 1.165) is 12.8 Å². The predicted molar refractivity (Wildman–Crippen MR) is 82.4 cm³/mol. The van der Waals surface area contributed by atoms with Gasteiger partial charge in [0.15, 0.2) is 0 Å². The lowest BCUT2D eigenvalue weighted by Crippen LogP contribution is -2.13. The van der Waals surface area contributed by atoms with Crippen molar-refractivity contribution in [1.29, 1.82) is 0 Å². The minimum Gasteiger partial charge on any atom is -0.324 e. The summed E-state index contributed by atoms with van der Waals surface area (Å²) in [5, 5.41) is 0. The third-order valence-corrected chi connectivity index (χ3v) is 3.56. The monoisotopic (exact) mass is 253 g/mol. The molecule has 0 aromatic heterocycles. The average molecular weight is 253 g/mol. The van der Waals surface area contributed by atoms with Gasteiger partial charge in [0.1, 0.15) is 0 Å². The Kier molecular flexibility index (Phi) is 4.39. The van der Waals surface area contributed by atoms with Crippen molar-refractivity contribution in [2.75, 3.05) is 0 Å². The van der Waals surface area contributed by atoms with Crippen molar-refractivity contribution in [2.24, 2.45) is 5.73 Å². The third-order valence-electron chi connectivity index (χ3n) is 3.56. The fourth-order valence-electron chi connectivity index (χ4n) is 2.51. The van der Waals surface area contributed by atoms with Crippen LogP contribution < -0.4 is 5.73 Å². The number of hydrogen-bond donors (Lipinski definition) is 1. The summed E-state index contributed by atoms with van der Waals surface area (Å²) in [7, 11) is 0. The Morgan fingerprint density at radius 1 is 0.895 bits per heavy atom. The van der Waals surface area contributed by atoms with Gasteiger partial charge in [0, 0.05) is 6.04 Å². The summed E-state index contributed by atoms with van der Waals surface area (Å²) < 4.78 is 0. The Bertz CT molecular complexity index is 520. The summed E-state index contributed by atoms with van der Waals surface area (Å²) >= 11 is 0. The molecule has 0 heterocycles. The van der Waals surface area contributed by atoms with Gasteiger partial charge in [-0.2, -0.15) is 0 Å². The molecule has 100 valence electrons. The first-order chi connectivity index (χ1) is 9.08. The Balaban J connectivity index is 2.13. The summed E-state index contributed by atoms with van der Waals surface area (Å²) in [4.78, 5) is 0. The zero-order chi connectivity index (χ0) is 13.8. The fraction of sp³-hybridized carbons (Fsp3) is 0.333. The highest BCUT2D eigenvalue weighted by Crippen LogP contribution is 2.19. The molecule has 2 N–H and O–H groups in total. The number of benzene rings is 2. The molecule has 19 heavy (non-hydrogen) atoms. The van der Waals surface area contributed by atoms with E-state index in [-0.39, 0.29) is 6.04 Å². The number of nitrogens with two attached hydrogens (primary N) is 1. The average Bonchev–Trinajstić information content (AvgIpc) is 2.38. The van der Waals surface area contributed by atoms with Gasteiger partial charge in [-0.1, -0.05) is 60.5 Å². The quantitative estimate of drug-likeness (QED) is 0.872. The van der Waals surface area contributed by atoms with Crippen LogP contribution in [0.5, 0.6) is 0 Å². The number of hydrogen-bond acceptors (Lipinski definition) is 1. The Labute approximate surface area is 116 Å². The molecular weight excluding hydrogens is 230 g/mol. The molecule has 0 fully saturated rings. The zero-order valence-corrected chi connectivity index (χ0v) is 12.1. The number of rotatable bonds is 4. The van der Waals surface area contributed by atoms with Crippen LogP contribution in [0.4, 0.5) is 0 Å². The first-order valence-electron chi connectivity index (χ1n) is 7.00. The zero-order valence-electron chi connectivity index (χ0n) is 12.1. The highest BCUT2D eigenvalue weighted by molar-refractivity contribution is 5.32. The van der Waals surface area contributed by atoms with Crippen LogP contribution in [0.3, 0.4) is 0 Å². The van der Waals surface area contributed by atoms with E-state index in [9.17, 15) is 0 Å². The van der Waals surface area contributed by atoms with Crippen LogP contribution in [0.15, 0.2) is 42.5 Å². The maximum absolute atomic E-state index is 6.34. The van der Waals surface area contributed by atoms with Crippen LogP contribution in [-0.2, 0) is 12.8 Å². The van der Waals surface area contributed by atoms with Gasteiger partial charge < -0.3 is 5.73 Å². The molecular formula is C18H23N. The molecule has 0 aliphatic rings. The molecule has 2 aromatic rings. The van der Waals surface area contributed by atoms with Crippen LogP contribution in [0, 0.1) is 13.8 Å². The standard InChI is InChI=1S/C18H23N/c1-4-15-5-7-16(8-6-15)12-18(19)17-10-13(2)9-14(3)11-17/h5-11,18H,4,12,19H2,1-3H3. The summed E-state index contributed by atoms with van der Waals surface area (Å²) in [5.74, 6) is 0. The summed E-state index contributed by atoms with van der Waals surface area (Å²) in [6.45, 7) is 6.43. The Morgan fingerprint density at radius 3 is 1.95 bits per heavy atom. The van der Waals surface area contributed by atoms with E-state index in [0.29, 0.717) is 0 Å². The van der Waals surface area contributed by atoms with Crippen LogP contribution >= 0.6 is 0 Å². The second kappa shape index (κ2) is 6.03. The second-order valence-electron chi connectivity index (χ2n) is 5.40. The molecule has 0 spiro atoms. The molecule has 0 aliphatic carbocycles. The van der Waals surface area contributed by atoms with Gasteiger partial charge in [-0.3, -0.25) is 0 Å². The molecule has 2 rings (SSSR count). The van der Waals surface area contributed by atoms with E-state index in [4.69, 9.17) is 5.73 Å². The topological polar surface area (TPSA) is 26.0 Å².